The van der Waals surface area contributed by atoms with Crippen molar-refractivity contribution in [2.24, 2.45) is 5.84 Å². The van der Waals surface area contributed by atoms with Crippen LogP contribution in [0.4, 0.5) is 5.69 Å². The molecular formula is C10H14Cl2N4. The molecule has 3 rings (SSSR count). The number of hydrogen-bond donors (Lipinski definition) is 3. The fourth-order valence-electron chi connectivity index (χ4n) is 1.67. The molecule has 1 aliphatic carbocycles. The number of nitrogens with one attached hydrogen (secondary N) is 2. The molecule has 1 saturated carbocycles. The molecule has 6 heteroatoms. The number of imidazole rings is 1. The Labute approximate surface area is 106 Å². The molecule has 0 amide bonds. The second-order valence-corrected chi connectivity index (χ2v) is 3.77. The average Bonchev–Trinajstić information content (AvgIpc) is 2.97. The Morgan fingerprint density at radius 2 is 2.06 bits per heavy atom. The van der Waals surface area contributed by atoms with Gasteiger partial charge >= 0.3 is 0 Å². The highest BCUT2D eigenvalue weighted by Crippen LogP contribution is 2.39. The van der Waals surface area contributed by atoms with Gasteiger partial charge in [0.2, 0.25) is 0 Å². The van der Waals surface area contributed by atoms with E-state index in [2.05, 4.69) is 15.4 Å². The van der Waals surface area contributed by atoms with E-state index in [1.54, 1.807) is 0 Å². The molecule has 0 unspecified atom stereocenters. The Bertz CT molecular complexity index is 479. The quantitative estimate of drug-likeness (QED) is 0.575. The molecule has 0 bridgehead atoms. The van der Waals surface area contributed by atoms with Crippen LogP contribution in [0.3, 0.4) is 0 Å². The SMILES string of the molecule is Cl.Cl.NNc1ccc2[nH]c(C3CC3)nc2c1. The van der Waals surface area contributed by atoms with E-state index in [9.17, 15) is 0 Å². The number of nitrogen functional groups attached to an aromatic ring is 1. The van der Waals surface area contributed by atoms with Gasteiger partial charge in [-0.05, 0) is 31.0 Å². The lowest BCUT2D eigenvalue weighted by atomic mass is 10.3. The largest absolute Gasteiger partial charge is 0.342 e. The normalized spacial score (nSPS) is 14.1. The fraction of sp³-hybridized carbons (Fsp3) is 0.300. The van der Waals surface area contributed by atoms with Gasteiger partial charge in [-0.3, -0.25) is 5.84 Å². The number of rotatable bonds is 2. The van der Waals surface area contributed by atoms with Crippen LogP contribution in [0.15, 0.2) is 18.2 Å². The van der Waals surface area contributed by atoms with Gasteiger partial charge in [0.25, 0.3) is 0 Å². The molecule has 0 saturated heterocycles. The summed E-state index contributed by atoms with van der Waals surface area (Å²) in [6.07, 6.45) is 2.53. The molecule has 1 aromatic heterocycles. The zero-order valence-electron chi connectivity index (χ0n) is 8.56. The number of nitrogens with zero attached hydrogens (tertiary/aromatic N) is 1. The van der Waals surface area contributed by atoms with Gasteiger partial charge < -0.3 is 10.4 Å². The average molecular weight is 261 g/mol. The first-order valence-electron chi connectivity index (χ1n) is 4.83. The maximum absolute atomic E-state index is 5.33. The van der Waals surface area contributed by atoms with Crippen molar-refractivity contribution < 1.29 is 0 Å². The summed E-state index contributed by atoms with van der Waals surface area (Å²) in [5, 5.41) is 0. The van der Waals surface area contributed by atoms with E-state index >= 15 is 0 Å². The zero-order valence-corrected chi connectivity index (χ0v) is 10.2. The number of halogens is 2. The lowest BCUT2D eigenvalue weighted by molar-refractivity contribution is 0.986. The van der Waals surface area contributed by atoms with Crippen molar-refractivity contribution in [2.75, 3.05) is 5.43 Å². The number of hydrogen-bond acceptors (Lipinski definition) is 3. The molecule has 0 aliphatic heterocycles. The molecule has 1 fully saturated rings. The topological polar surface area (TPSA) is 66.7 Å². The summed E-state index contributed by atoms with van der Waals surface area (Å²) in [5.74, 6) is 7.12. The first kappa shape index (κ1) is 13.1. The lowest BCUT2D eigenvalue weighted by Gasteiger charge is -1.96. The highest BCUT2D eigenvalue weighted by molar-refractivity contribution is 5.85. The summed E-state index contributed by atoms with van der Waals surface area (Å²) in [6, 6.07) is 5.90. The number of hydrazine groups is 1. The van der Waals surface area contributed by atoms with Gasteiger partial charge in [0, 0.05) is 5.92 Å². The van der Waals surface area contributed by atoms with Crippen LogP contribution in [-0.2, 0) is 0 Å². The van der Waals surface area contributed by atoms with Crippen LogP contribution in [0.5, 0.6) is 0 Å². The number of nitrogens with two attached hydrogens (primary N) is 1. The predicted octanol–water partition coefficient (Wildman–Crippen LogP) is 2.57. The molecule has 1 aromatic carbocycles. The molecule has 4 nitrogen and oxygen atoms in total. The third-order valence-electron chi connectivity index (χ3n) is 2.63. The van der Waals surface area contributed by atoms with Crippen LogP contribution in [0.2, 0.25) is 0 Å². The Hall–Kier alpha value is -0.970. The van der Waals surface area contributed by atoms with Gasteiger partial charge in [-0.2, -0.15) is 0 Å². The number of aromatic nitrogens is 2. The second kappa shape index (κ2) is 4.91. The molecule has 4 N–H and O–H groups in total. The second-order valence-electron chi connectivity index (χ2n) is 3.77. The van der Waals surface area contributed by atoms with Gasteiger partial charge in [0.05, 0.1) is 16.7 Å². The maximum atomic E-state index is 5.33. The number of aromatic amines is 1. The van der Waals surface area contributed by atoms with E-state index in [0.717, 1.165) is 22.5 Å². The molecule has 2 aromatic rings. The minimum absolute atomic E-state index is 0. The molecular weight excluding hydrogens is 247 g/mol. The van der Waals surface area contributed by atoms with Crippen molar-refractivity contribution in [3.8, 4) is 0 Å². The van der Waals surface area contributed by atoms with Crippen molar-refractivity contribution >= 4 is 41.5 Å². The van der Waals surface area contributed by atoms with Crippen LogP contribution in [0.25, 0.3) is 11.0 Å². The molecule has 0 spiro atoms. The third-order valence-corrected chi connectivity index (χ3v) is 2.63. The van der Waals surface area contributed by atoms with Crippen molar-refractivity contribution in [2.45, 2.75) is 18.8 Å². The van der Waals surface area contributed by atoms with E-state index < -0.39 is 0 Å². The molecule has 16 heavy (non-hydrogen) atoms. The Balaban J connectivity index is 0.000000640. The van der Waals surface area contributed by atoms with Crippen molar-refractivity contribution in [3.63, 3.8) is 0 Å². The van der Waals surface area contributed by atoms with Crippen LogP contribution in [0, 0.1) is 0 Å². The molecule has 88 valence electrons. The van der Waals surface area contributed by atoms with Crippen molar-refractivity contribution in [1.29, 1.82) is 0 Å². The smallest absolute Gasteiger partial charge is 0.110 e. The Kier molecular flexibility index (Phi) is 4.02. The van der Waals surface area contributed by atoms with Crippen molar-refractivity contribution in [1.82, 2.24) is 9.97 Å². The summed E-state index contributed by atoms with van der Waals surface area (Å²) < 4.78 is 0. The third kappa shape index (κ3) is 2.24. The number of anilines is 1. The standard InChI is InChI=1S/C10H12N4.2ClH/c11-14-7-3-4-8-9(5-7)13-10(12-8)6-1-2-6;;/h3-6,14H,1-2,11H2,(H,12,13);2*1H. The van der Waals surface area contributed by atoms with Gasteiger partial charge in [-0.1, -0.05) is 0 Å². The molecule has 1 heterocycles. The lowest BCUT2D eigenvalue weighted by Crippen LogP contribution is -2.05. The fourth-order valence-corrected chi connectivity index (χ4v) is 1.67. The number of benzene rings is 1. The number of fused-ring (bicyclic) bond motifs is 1. The van der Waals surface area contributed by atoms with Crippen LogP contribution in [0.1, 0.15) is 24.6 Å². The first-order valence-corrected chi connectivity index (χ1v) is 4.83. The van der Waals surface area contributed by atoms with Gasteiger partial charge in [-0.25, -0.2) is 4.98 Å². The van der Waals surface area contributed by atoms with E-state index in [1.807, 2.05) is 18.2 Å². The highest BCUT2D eigenvalue weighted by atomic mass is 35.5. The van der Waals surface area contributed by atoms with E-state index in [-0.39, 0.29) is 24.8 Å². The summed E-state index contributed by atoms with van der Waals surface area (Å²) in [6.45, 7) is 0. The van der Waals surface area contributed by atoms with Crippen LogP contribution in [-0.4, -0.2) is 9.97 Å². The Morgan fingerprint density at radius 1 is 1.31 bits per heavy atom. The molecule has 1 aliphatic rings. The van der Waals surface area contributed by atoms with E-state index in [1.165, 1.54) is 12.8 Å². The van der Waals surface area contributed by atoms with Crippen LogP contribution >= 0.6 is 24.8 Å². The zero-order chi connectivity index (χ0) is 9.54. The summed E-state index contributed by atoms with van der Waals surface area (Å²) in [5.41, 5.74) is 5.59. The first-order chi connectivity index (χ1) is 6.86. The monoisotopic (exact) mass is 260 g/mol. The summed E-state index contributed by atoms with van der Waals surface area (Å²) in [7, 11) is 0. The Morgan fingerprint density at radius 3 is 2.69 bits per heavy atom. The van der Waals surface area contributed by atoms with Crippen LogP contribution < -0.4 is 11.3 Å². The number of H-pyrrole nitrogens is 1. The van der Waals surface area contributed by atoms with Gasteiger partial charge in [-0.15, -0.1) is 24.8 Å². The van der Waals surface area contributed by atoms with E-state index in [4.69, 9.17) is 5.84 Å². The van der Waals surface area contributed by atoms with Gasteiger partial charge in [0.1, 0.15) is 5.82 Å². The van der Waals surface area contributed by atoms with Crippen molar-refractivity contribution in [3.05, 3.63) is 24.0 Å². The van der Waals surface area contributed by atoms with E-state index in [0.29, 0.717) is 5.92 Å². The van der Waals surface area contributed by atoms with Gasteiger partial charge in [0.15, 0.2) is 0 Å². The maximum Gasteiger partial charge on any atom is 0.110 e. The summed E-state index contributed by atoms with van der Waals surface area (Å²) in [4.78, 5) is 7.86. The molecule has 0 radical (unpaired) electrons. The predicted molar refractivity (Wildman–Crippen MR) is 70.4 cm³/mol. The summed E-state index contributed by atoms with van der Waals surface area (Å²) >= 11 is 0. The highest BCUT2D eigenvalue weighted by Gasteiger charge is 2.26. The molecule has 0 atom stereocenters. The minimum Gasteiger partial charge on any atom is -0.342 e. The minimum atomic E-state index is 0.